The number of thioether (sulfide) groups is 1. The normalized spacial score (nSPS) is 10.8. The standard InChI is InChI=1S/C21H19F2NO2S/c1-24(21(25)13-27-20-8-6-17(22)11-19(20)23)12-14-3-4-16-10-18(26-2)7-5-15(16)9-14/h3-11H,12-13H2,1-2H3. The molecule has 6 heteroatoms. The fraction of sp³-hybridized carbons (Fsp3) is 0.190. The highest BCUT2D eigenvalue weighted by atomic mass is 32.2. The summed E-state index contributed by atoms with van der Waals surface area (Å²) < 4.78 is 31.8. The Balaban J connectivity index is 1.62. The van der Waals surface area contributed by atoms with Crippen LogP contribution in [-0.4, -0.2) is 30.7 Å². The van der Waals surface area contributed by atoms with Crippen molar-refractivity contribution < 1.29 is 18.3 Å². The van der Waals surface area contributed by atoms with Gasteiger partial charge in [-0.3, -0.25) is 4.79 Å². The summed E-state index contributed by atoms with van der Waals surface area (Å²) >= 11 is 1.06. The third kappa shape index (κ3) is 4.77. The molecule has 0 fully saturated rings. The first-order chi connectivity index (χ1) is 13.0. The summed E-state index contributed by atoms with van der Waals surface area (Å²) in [7, 11) is 3.34. The summed E-state index contributed by atoms with van der Waals surface area (Å²) in [6.45, 7) is 0.452. The van der Waals surface area contributed by atoms with Gasteiger partial charge >= 0.3 is 0 Å². The second kappa shape index (κ2) is 8.39. The lowest BCUT2D eigenvalue weighted by Gasteiger charge is -2.17. The van der Waals surface area contributed by atoms with Crippen LogP contribution in [0.25, 0.3) is 10.8 Å². The molecule has 0 unspecified atom stereocenters. The molecule has 0 bridgehead atoms. The Morgan fingerprint density at radius 2 is 1.78 bits per heavy atom. The van der Waals surface area contributed by atoms with Gasteiger partial charge in [-0.2, -0.15) is 0 Å². The van der Waals surface area contributed by atoms with Crippen molar-refractivity contribution in [2.24, 2.45) is 0 Å². The number of carbonyl (C=O) groups is 1. The van der Waals surface area contributed by atoms with Gasteiger partial charge in [-0.05, 0) is 46.7 Å². The molecule has 0 radical (unpaired) electrons. The van der Waals surface area contributed by atoms with Crippen LogP contribution in [0.15, 0.2) is 59.5 Å². The van der Waals surface area contributed by atoms with Crippen molar-refractivity contribution in [2.45, 2.75) is 11.4 Å². The molecule has 3 nitrogen and oxygen atoms in total. The average molecular weight is 387 g/mol. The Morgan fingerprint density at radius 1 is 1.04 bits per heavy atom. The van der Waals surface area contributed by atoms with E-state index in [4.69, 9.17) is 4.74 Å². The topological polar surface area (TPSA) is 29.5 Å². The highest BCUT2D eigenvalue weighted by Gasteiger charge is 2.12. The maximum atomic E-state index is 13.7. The van der Waals surface area contributed by atoms with Crippen molar-refractivity contribution in [1.29, 1.82) is 0 Å². The zero-order valence-corrected chi connectivity index (χ0v) is 15.9. The highest BCUT2D eigenvalue weighted by molar-refractivity contribution is 8.00. The summed E-state index contributed by atoms with van der Waals surface area (Å²) in [4.78, 5) is 14.2. The summed E-state index contributed by atoms with van der Waals surface area (Å²) in [5, 5.41) is 2.13. The molecule has 0 saturated carbocycles. The minimum absolute atomic E-state index is 0.0871. The molecule has 0 aliphatic carbocycles. The first-order valence-corrected chi connectivity index (χ1v) is 9.33. The number of fused-ring (bicyclic) bond motifs is 1. The second-order valence-electron chi connectivity index (χ2n) is 6.16. The SMILES string of the molecule is COc1ccc2cc(CN(C)C(=O)CSc3ccc(F)cc3F)ccc2c1. The first kappa shape index (κ1) is 19.2. The summed E-state index contributed by atoms with van der Waals surface area (Å²) in [6, 6.07) is 15.2. The van der Waals surface area contributed by atoms with E-state index in [9.17, 15) is 13.6 Å². The third-order valence-corrected chi connectivity index (χ3v) is 5.24. The van der Waals surface area contributed by atoms with Crippen LogP contribution in [0.3, 0.4) is 0 Å². The lowest BCUT2D eigenvalue weighted by molar-refractivity contribution is -0.127. The molecule has 0 aliphatic heterocycles. The van der Waals surface area contributed by atoms with Gasteiger partial charge in [0.25, 0.3) is 0 Å². The third-order valence-electron chi connectivity index (χ3n) is 4.20. The van der Waals surface area contributed by atoms with Crippen LogP contribution in [0, 0.1) is 11.6 Å². The molecule has 0 saturated heterocycles. The van der Waals surface area contributed by atoms with Gasteiger partial charge < -0.3 is 9.64 Å². The van der Waals surface area contributed by atoms with Crippen molar-refractivity contribution in [3.05, 3.63) is 71.8 Å². The number of carbonyl (C=O) groups excluding carboxylic acids is 1. The van der Waals surface area contributed by atoms with Gasteiger partial charge in [-0.1, -0.05) is 18.2 Å². The Morgan fingerprint density at radius 3 is 2.52 bits per heavy atom. The largest absolute Gasteiger partial charge is 0.497 e. The Bertz CT molecular complexity index is 978. The predicted molar refractivity (Wildman–Crippen MR) is 104 cm³/mol. The Hall–Kier alpha value is -2.60. The van der Waals surface area contributed by atoms with Crippen LogP contribution in [0.2, 0.25) is 0 Å². The number of benzene rings is 3. The lowest BCUT2D eigenvalue weighted by atomic mass is 10.1. The van der Waals surface area contributed by atoms with Gasteiger partial charge in [0.2, 0.25) is 5.91 Å². The van der Waals surface area contributed by atoms with Crippen LogP contribution >= 0.6 is 11.8 Å². The summed E-state index contributed by atoms with van der Waals surface area (Å²) in [6.07, 6.45) is 0. The highest BCUT2D eigenvalue weighted by Crippen LogP contribution is 2.24. The minimum Gasteiger partial charge on any atom is -0.497 e. The summed E-state index contributed by atoms with van der Waals surface area (Å²) in [5.41, 5.74) is 1.00. The fourth-order valence-corrected chi connectivity index (χ4v) is 3.56. The van der Waals surface area contributed by atoms with Gasteiger partial charge in [0.1, 0.15) is 17.4 Å². The smallest absolute Gasteiger partial charge is 0.232 e. The van der Waals surface area contributed by atoms with E-state index in [0.29, 0.717) is 6.54 Å². The molecule has 3 rings (SSSR count). The van der Waals surface area contributed by atoms with E-state index in [-0.39, 0.29) is 16.6 Å². The maximum absolute atomic E-state index is 13.7. The van der Waals surface area contributed by atoms with Crippen molar-refractivity contribution in [1.82, 2.24) is 4.90 Å². The van der Waals surface area contributed by atoms with Crippen LogP contribution in [-0.2, 0) is 11.3 Å². The Labute approximate surface area is 160 Å². The fourth-order valence-electron chi connectivity index (χ4n) is 2.70. The molecule has 0 N–H and O–H groups in total. The molecule has 0 aromatic heterocycles. The average Bonchev–Trinajstić information content (AvgIpc) is 2.66. The molecule has 0 spiro atoms. The first-order valence-electron chi connectivity index (χ1n) is 8.35. The van der Waals surface area contributed by atoms with E-state index >= 15 is 0 Å². The monoisotopic (exact) mass is 387 g/mol. The number of halogens is 2. The van der Waals surface area contributed by atoms with E-state index in [1.807, 2.05) is 36.4 Å². The van der Waals surface area contributed by atoms with Gasteiger partial charge in [-0.15, -0.1) is 11.8 Å². The molecular formula is C21H19F2NO2S. The molecule has 3 aromatic carbocycles. The number of amides is 1. The van der Waals surface area contributed by atoms with Gasteiger partial charge in [-0.25, -0.2) is 8.78 Å². The number of nitrogens with zero attached hydrogens (tertiary/aromatic N) is 1. The van der Waals surface area contributed by atoms with Gasteiger partial charge in [0.05, 0.1) is 12.9 Å². The summed E-state index contributed by atoms with van der Waals surface area (Å²) in [5.74, 6) is -0.523. The number of methoxy groups -OCH3 is 1. The van der Waals surface area contributed by atoms with Crippen molar-refractivity contribution in [2.75, 3.05) is 19.9 Å². The van der Waals surface area contributed by atoms with Gasteiger partial charge in [0.15, 0.2) is 0 Å². The van der Waals surface area contributed by atoms with Crippen molar-refractivity contribution in [3.8, 4) is 5.75 Å². The number of hydrogen-bond acceptors (Lipinski definition) is 3. The van der Waals surface area contributed by atoms with E-state index in [0.717, 1.165) is 39.9 Å². The molecule has 0 heterocycles. The van der Waals surface area contributed by atoms with Crippen LogP contribution in [0.4, 0.5) is 8.78 Å². The van der Waals surface area contributed by atoms with Crippen LogP contribution < -0.4 is 4.74 Å². The molecule has 3 aromatic rings. The molecule has 27 heavy (non-hydrogen) atoms. The zero-order valence-electron chi connectivity index (χ0n) is 15.0. The van der Waals surface area contributed by atoms with E-state index in [2.05, 4.69) is 0 Å². The van der Waals surface area contributed by atoms with Crippen LogP contribution in [0.5, 0.6) is 5.75 Å². The molecule has 1 amide bonds. The quantitative estimate of drug-likeness (QED) is 0.565. The number of rotatable bonds is 6. The minimum atomic E-state index is -0.652. The predicted octanol–water partition coefficient (Wildman–Crippen LogP) is 4.88. The molecular weight excluding hydrogens is 368 g/mol. The lowest BCUT2D eigenvalue weighted by Crippen LogP contribution is -2.27. The van der Waals surface area contributed by atoms with Crippen molar-refractivity contribution in [3.63, 3.8) is 0 Å². The van der Waals surface area contributed by atoms with E-state index < -0.39 is 11.6 Å². The maximum Gasteiger partial charge on any atom is 0.232 e. The second-order valence-corrected chi connectivity index (χ2v) is 7.18. The van der Waals surface area contributed by atoms with Crippen LogP contribution in [0.1, 0.15) is 5.56 Å². The number of ether oxygens (including phenoxy) is 1. The molecule has 0 atom stereocenters. The zero-order chi connectivity index (χ0) is 19.4. The van der Waals surface area contributed by atoms with E-state index in [1.165, 1.54) is 12.1 Å². The van der Waals surface area contributed by atoms with Gasteiger partial charge in [0, 0.05) is 24.6 Å². The Kier molecular flexibility index (Phi) is 5.96. The number of hydrogen-bond donors (Lipinski definition) is 0. The van der Waals surface area contributed by atoms with Crippen molar-refractivity contribution >= 4 is 28.4 Å². The van der Waals surface area contributed by atoms with E-state index in [1.54, 1.807) is 19.1 Å². The molecule has 0 aliphatic rings. The molecule has 140 valence electrons.